The van der Waals surface area contributed by atoms with Crippen LogP contribution in [-0.2, 0) is 6.42 Å². The minimum atomic E-state index is 0.128. The van der Waals surface area contributed by atoms with Crippen LogP contribution in [0.2, 0.25) is 0 Å². The number of nitrogens with zero attached hydrogens (tertiary/aromatic N) is 1. The Morgan fingerprint density at radius 2 is 2.27 bits per heavy atom. The van der Waals surface area contributed by atoms with Gasteiger partial charge in [0.25, 0.3) is 0 Å². The van der Waals surface area contributed by atoms with E-state index in [0.717, 1.165) is 18.6 Å². The third kappa shape index (κ3) is 0.964. The molecule has 0 aromatic carbocycles. The van der Waals surface area contributed by atoms with Crippen LogP contribution in [0.15, 0.2) is 4.42 Å². The van der Waals surface area contributed by atoms with Gasteiger partial charge in [-0.1, -0.05) is 0 Å². The van der Waals surface area contributed by atoms with Crippen LogP contribution in [0.25, 0.3) is 0 Å². The van der Waals surface area contributed by atoms with E-state index in [4.69, 9.17) is 4.42 Å². The Morgan fingerprint density at radius 3 is 3.00 bits per heavy atom. The number of hydrogen-bond acceptors (Lipinski definition) is 3. The first-order chi connectivity index (χ1) is 5.27. The van der Waals surface area contributed by atoms with E-state index in [1.54, 1.807) is 6.92 Å². The number of rotatable bonds is 0. The van der Waals surface area contributed by atoms with Crippen molar-refractivity contribution in [1.82, 2.24) is 4.98 Å². The molecule has 0 saturated carbocycles. The first-order valence-electron chi connectivity index (χ1n) is 3.77. The van der Waals surface area contributed by atoms with Gasteiger partial charge >= 0.3 is 0 Å². The molecular weight excluding hydrogens is 142 g/mol. The minimum absolute atomic E-state index is 0.128. The predicted molar refractivity (Wildman–Crippen MR) is 38.5 cm³/mol. The van der Waals surface area contributed by atoms with E-state index >= 15 is 0 Å². The lowest BCUT2D eigenvalue weighted by Gasteiger charge is -2.04. The zero-order valence-corrected chi connectivity index (χ0v) is 6.39. The average molecular weight is 151 g/mol. The highest BCUT2D eigenvalue weighted by Crippen LogP contribution is 2.20. The Morgan fingerprint density at radius 1 is 1.45 bits per heavy atom. The Hall–Kier alpha value is -1.12. The SMILES string of the molecule is Cc1nc2c(o1)CCCC2=O. The molecule has 0 fully saturated rings. The molecule has 1 aliphatic rings. The smallest absolute Gasteiger partial charge is 0.191 e. The van der Waals surface area contributed by atoms with Gasteiger partial charge in [0.15, 0.2) is 11.7 Å². The fourth-order valence-electron chi connectivity index (χ4n) is 1.38. The van der Waals surface area contributed by atoms with Crippen LogP contribution in [0, 0.1) is 6.92 Å². The number of fused-ring (bicyclic) bond motifs is 1. The highest BCUT2D eigenvalue weighted by molar-refractivity contribution is 5.95. The van der Waals surface area contributed by atoms with Crippen molar-refractivity contribution < 1.29 is 9.21 Å². The zero-order chi connectivity index (χ0) is 7.84. The van der Waals surface area contributed by atoms with Crippen molar-refractivity contribution in [1.29, 1.82) is 0 Å². The number of ketones is 1. The lowest BCUT2D eigenvalue weighted by molar-refractivity contribution is 0.0965. The largest absolute Gasteiger partial charge is 0.445 e. The van der Waals surface area contributed by atoms with Gasteiger partial charge in [-0.25, -0.2) is 4.98 Å². The third-order valence-corrected chi connectivity index (χ3v) is 1.88. The van der Waals surface area contributed by atoms with Gasteiger partial charge in [-0.15, -0.1) is 0 Å². The second-order valence-electron chi connectivity index (χ2n) is 2.78. The lowest BCUT2D eigenvalue weighted by Crippen LogP contribution is -2.09. The van der Waals surface area contributed by atoms with Gasteiger partial charge in [0.2, 0.25) is 0 Å². The number of aryl methyl sites for hydroxylation is 2. The van der Waals surface area contributed by atoms with Gasteiger partial charge in [-0.05, 0) is 6.42 Å². The van der Waals surface area contributed by atoms with Crippen LogP contribution >= 0.6 is 0 Å². The number of oxazole rings is 1. The van der Waals surface area contributed by atoms with Gasteiger partial charge in [0.1, 0.15) is 11.5 Å². The Kier molecular flexibility index (Phi) is 1.31. The van der Waals surface area contributed by atoms with Crippen LogP contribution in [0.1, 0.15) is 35.0 Å². The first-order valence-corrected chi connectivity index (χ1v) is 3.77. The van der Waals surface area contributed by atoms with Crippen molar-refractivity contribution in [3.8, 4) is 0 Å². The maximum absolute atomic E-state index is 11.2. The summed E-state index contributed by atoms with van der Waals surface area (Å²) < 4.78 is 5.24. The van der Waals surface area contributed by atoms with Crippen LogP contribution in [-0.4, -0.2) is 10.8 Å². The van der Waals surface area contributed by atoms with Crippen molar-refractivity contribution in [2.45, 2.75) is 26.2 Å². The second kappa shape index (κ2) is 2.19. The Bertz CT molecular complexity index is 301. The molecule has 0 saturated heterocycles. The molecule has 0 atom stereocenters. The molecule has 0 spiro atoms. The maximum atomic E-state index is 11.2. The molecule has 0 aliphatic heterocycles. The van der Waals surface area contributed by atoms with E-state index in [9.17, 15) is 4.79 Å². The summed E-state index contributed by atoms with van der Waals surface area (Å²) in [5.74, 6) is 1.51. The zero-order valence-electron chi connectivity index (χ0n) is 6.39. The standard InChI is InChI=1S/C8H9NO2/c1-5-9-8-6(10)3-2-4-7(8)11-5/h2-4H2,1H3. The highest BCUT2D eigenvalue weighted by Gasteiger charge is 2.22. The molecule has 1 heterocycles. The van der Waals surface area contributed by atoms with E-state index in [1.165, 1.54) is 0 Å². The summed E-state index contributed by atoms with van der Waals surface area (Å²) in [6.07, 6.45) is 2.39. The first kappa shape index (κ1) is 6.58. The summed E-state index contributed by atoms with van der Waals surface area (Å²) in [4.78, 5) is 15.2. The van der Waals surface area contributed by atoms with Crippen LogP contribution in [0.3, 0.4) is 0 Å². The Balaban J connectivity index is 2.52. The van der Waals surface area contributed by atoms with Gasteiger partial charge < -0.3 is 4.42 Å². The van der Waals surface area contributed by atoms with Crippen molar-refractivity contribution in [2.24, 2.45) is 0 Å². The van der Waals surface area contributed by atoms with Gasteiger partial charge in [0, 0.05) is 19.8 Å². The molecule has 1 aromatic rings. The van der Waals surface area contributed by atoms with Crippen LogP contribution in [0.5, 0.6) is 0 Å². The highest BCUT2D eigenvalue weighted by atomic mass is 16.4. The molecule has 0 unspecified atom stereocenters. The molecular formula is C8H9NO2. The Labute approximate surface area is 64.4 Å². The number of hydrogen-bond donors (Lipinski definition) is 0. The summed E-state index contributed by atoms with van der Waals surface area (Å²) in [6, 6.07) is 0. The molecule has 0 N–H and O–H groups in total. The van der Waals surface area contributed by atoms with Gasteiger partial charge in [0.05, 0.1) is 0 Å². The molecule has 0 amide bonds. The molecule has 58 valence electrons. The number of Topliss-reactive ketones (excluding diaryl/α,β-unsaturated/α-hetero) is 1. The van der Waals surface area contributed by atoms with E-state index in [0.29, 0.717) is 18.0 Å². The molecule has 11 heavy (non-hydrogen) atoms. The molecule has 2 rings (SSSR count). The fraction of sp³-hybridized carbons (Fsp3) is 0.500. The normalized spacial score (nSPS) is 16.6. The summed E-state index contributed by atoms with van der Waals surface area (Å²) in [5, 5.41) is 0. The quantitative estimate of drug-likeness (QED) is 0.564. The molecule has 1 aromatic heterocycles. The number of carbonyl (C=O) groups is 1. The molecule has 3 nitrogen and oxygen atoms in total. The molecule has 0 bridgehead atoms. The van der Waals surface area contributed by atoms with Crippen molar-refractivity contribution >= 4 is 5.78 Å². The summed E-state index contributed by atoms with van der Waals surface area (Å²) >= 11 is 0. The van der Waals surface area contributed by atoms with E-state index < -0.39 is 0 Å². The lowest BCUT2D eigenvalue weighted by atomic mass is 10.0. The van der Waals surface area contributed by atoms with Gasteiger partial charge in [-0.2, -0.15) is 0 Å². The van der Waals surface area contributed by atoms with Crippen molar-refractivity contribution in [2.75, 3.05) is 0 Å². The van der Waals surface area contributed by atoms with E-state index in [-0.39, 0.29) is 5.78 Å². The summed E-state index contributed by atoms with van der Waals surface area (Å²) in [5.41, 5.74) is 0.564. The predicted octanol–water partition coefficient (Wildman–Crippen LogP) is 1.50. The molecule has 0 radical (unpaired) electrons. The third-order valence-electron chi connectivity index (χ3n) is 1.88. The van der Waals surface area contributed by atoms with Crippen molar-refractivity contribution in [3.63, 3.8) is 0 Å². The monoisotopic (exact) mass is 151 g/mol. The summed E-state index contributed by atoms with van der Waals surface area (Å²) in [6.45, 7) is 1.77. The fourth-order valence-corrected chi connectivity index (χ4v) is 1.38. The van der Waals surface area contributed by atoms with Gasteiger partial charge in [-0.3, -0.25) is 4.79 Å². The van der Waals surface area contributed by atoms with Crippen LogP contribution < -0.4 is 0 Å². The van der Waals surface area contributed by atoms with E-state index in [1.807, 2.05) is 0 Å². The van der Waals surface area contributed by atoms with E-state index in [2.05, 4.69) is 4.98 Å². The maximum Gasteiger partial charge on any atom is 0.191 e. The topological polar surface area (TPSA) is 43.1 Å². The van der Waals surface area contributed by atoms with Crippen LogP contribution in [0.4, 0.5) is 0 Å². The molecule has 1 aliphatic carbocycles. The van der Waals surface area contributed by atoms with Crippen molar-refractivity contribution in [3.05, 3.63) is 17.3 Å². The number of aromatic nitrogens is 1. The number of carbonyl (C=O) groups excluding carboxylic acids is 1. The summed E-state index contributed by atoms with van der Waals surface area (Å²) in [7, 11) is 0. The minimum Gasteiger partial charge on any atom is -0.445 e. The molecule has 3 heteroatoms. The second-order valence-corrected chi connectivity index (χ2v) is 2.78. The average Bonchev–Trinajstić information content (AvgIpc) is 2.31.